The van der Waals surface area contributed by atoms with Crippen molar-refractivity contribution in [3.63, 3.8) is 0 Å². The zero-order valence-corrected chi connectivity index (χ0v) is 16.0. The second-order valence-corrected chi connectivity index (χ2v) is 6.93. The zero-order chi connectivity index (χ0) is 18.4. The molecule has 1 saturated heterocycles. The van der Waals surface area contributed by atoms with Crippen molar-refractivity contribution in [1.82, 2.24) is 19.9 Å². The summed E-state index contributed by atoms with van der Waals surface area (Å²) >= 11 is 0. The molecule has 1 aliphatic rings. The number of ether oxygens (including phenoxy) is 1. The molecule has 6 nitrogen and oxygen atoms in total. The normalized spacial score (nSPS) is 20.9. The summed E-state index contributed by atoms with van der Waals surface area (Å²) in [4.78, 5) is 16.1. The van der Waals surface area contributed by atoms with Crippen LogP contribution in [-0.4, -0.2) is 58.2 Å². The fourth-order valence-electron chi connectivity index (χ4n) is 3.36. The standard InChI is InChI=1S/C20H29N5O/c1-4-17-12-19(24-20(23-17)18-8-5-6-9-21-18)22-10-7-11-25-13-15(2)26-16(3)14-25/h5-6,8-9,12,15-16H,4,7,10-11,13-14H2,1-3H3,(H,22,23,24). The Bertz CT molecular complexity index is 684. The molecule has 1 N–H and O–H groups in total. The Kier molecular flexibility index (Phi) is 6.52. The first-order chi connectivity index (χ1) is 12.6. The van der Waals surface area contributed by atoms with E-state index in [2.05, 4.69) is 45.9 Å². The summed E-state index contributed by atoms with van der Waals surface area (Å²) in [6, 6.07) is 7.84. The molecule has 3 heterocycles. The molecule has 2 aromatic heterocycles. The molecule has 1 aliphatic heterocycles. The van der Waals surface area contributed by atoms with Gasteiger partial charge >= 0.3 is 0 Å². The number of nitrogens with zero attached hydrogens (tertiary/aromatic N) is 4. The number of hydrogen-bond donors (Lipinski definition) is 1. The number of aromatic nitrogens is 3. The van der Waals surface area contributed by atoms with E-state index in [9.17, 15) is 0 Å². The first kappa shape index (κ1) is 18.7. The highest BCUT2D eigenvalue weighted by molar-refractivity contribution is 5.52. The number of nitrogens with one attached hydrogen (secondary N) is 1. The third-order valence-electron chi connectivity index (χ3n) is 4.49. The van der Waals surface area contributed by atoms with Crippen LogP contribution in [0.25, 0.3) is 11.5 Å². The van der Waals surface area contributed by atoms with Crippen LogP contribution in [0.15, 0.2) is 30.5 Å². The molecule has 0 saturated carbocycles. The molecule has 0 amide bonds. The minimum Gasteiger partial charge on any atom is -0.373 e. The van der Waals surface area contributed by atoms with Gasteiger partial charge in [-0.25, -0.2) is 9.97 Å². The minimum absolute atomic E-state index is 0.321. The predicted octanol–water partition coefficient (Wildman–Crippen LogP) is 3.01. The lowest BCUT2D eigenvalue weighted by atomic mass is 10.2. The first-order valence-electron chi connectivity index (χ1n) is 9.55. The van der Waals surface area contributed by atoms with Gasteiger partial charge < -0.3 is 10.1 Å². The van der Waals surface area contributed by atoms with Gasteiger partial charge in [0.2, 0.25) is 0 Å². The minimum atomic E-state index is 0.321. The third-order valence-corrected chi connectivity index (χ3v) is 4.49. The fraction of sp³-hybridized carbons (Fsp3) is 0.550. The topological polar surface area (TPSA) is 63.2 Å². The van der Waals surface area contributed by atoms with Crippen molar-refractivity contribution in [2.45, 2.75) is 45.8 Å². The maximum Gasteiger partial charge on any atom is 0.180 e. The van der Waals surface area contributed by atoms with Crippen LogP contribution in [0.5, 0.6) is 0 Å². The van der Waals surface area contributed by atoms with Gasteiger partial charge in [-0.05, 0) is 38.8 Å². The molecule has 0 spiro atoms. The van der Waals surface area contributed by atoms with Crippen molar-refractivity contribution in [3.8, 4) is 11.5 Å². The van der Waals surface area contributed by atoms with Crippen molar-refractivity contribution < 1.29 is 4.74 Å². The average Bonchev–Trinajstić information content (AvgIpc) is 2.65. The summed E-state index contributed by atoms with van der Waals surface area (Å²) in [6.45, 7) is 10.4. The second kappa shape index (κ2) is 9.05. The van der Waals surface area contributed by atoms with Crippen molar-refractivity contribution >= 4 is 5.82 Å². The Morgan fingerprint density at radius 3 is 2.69 bits per heavy atom. The van der Waals surface area contributed by atoms with E-state index in [0.29, 0.717) is 18.0 Å². The summed E-state index contributed by atoms with van der Waals surface area (Å²) in [7, 11) is 0. The van der Waals surface area contributed by atoms with Crippen LogP contribution in [0.2, 0.25) is 0 Å². The lowest BCUT2D eigenvalue weighted by Gasteiger charge is -2.35. The maximum atomic E-state index is 5.79. The number of pyridine rings is 1. The van der Waals surface area contributed by atoms with Crippen molar-refractivity contribution in [3.05, 3.63) is 36.2 Å². The van der Waals surface area contributed by atoms with E-state index in [1.165, 1.54) is 0 Å². The molecule has 6 heteroatoms. The predicted molar refractivity (Wildman–Crippen MR) is 104 cm³/mol. The summed E-state index contributed by atoms with van der Waals surface area (Å²) in [5.74, 6) is 1.56. The van der Waals surface area contributed by atoms with Crippen LogP contribution < -0.4 is 5.32 Å². The molecule has 2 atom stereocenters. The molecule has 0 radical (unpaired) electrons. The molecule has 2 unspecified atom stereocenters. The zero-order valence-electron chi connectivity index (χ0n) is 16.0. The van der Waals surface area contributed by atoms with Gasteiger partial charge in [-0.1, -0.05) is 13.0 Å². The van der Waals surface area contributed by atoms with Crippen molar-refractivity contribution in [2.24, 2.45) is 0 Å². The van der Waals surface area contributed by atoms with E-state index >= 15 is 0 Å². The Balaban J connectivity index is 1.56. The maximum absolute atomic E-state index is 5.79. The van der Waals surface area contributed by atoms with Gasteiger partial charge in [0.05, 0.1) is 12.2 Å². The number of aryl methyl sites for hydroxylation is 1. The van der Waals surface area contributed by atoms with Gasteiger partial charge in [0.25, 0.3) is 0 Å². The third kappa shape index (κ3) is 5.22. The van der Waals surface area contributed by atoms with Crippen LogP contribution in [-0.2, 0) is 11.2 Å². The Morgan fingerprint density at radius 1 is 1.19 bits per heavy atom. The van der Waals surface area contributed by atoms with Gasteiger partial charge in [0, 0.05) is 44.1 Å². The number of anilines is 1. The highest BCUT2D eigenvalue weighted by Gasteiger charge is 2.21. The van der Waals surface area contributed by atoms with Gasteiger partial charge in [-0.2, -0.15) is 0 Å². The molecule has 0 bridgehead atoms. The Labute approximate surface area is 156 Å². The second-order valence-electron chi connectivity index (χ2n) is 6.93. The van der Waals surface area contributed by atoms with Crippen molar-refractivity contribution in [1.29, 1.82) is 0 Å². The molecular weight excluding hydrogens is 326 g/mol. The van der Waals surface area contributed by atoms with Gasteiger partial charge in [-0.3, -0.25) is 9.88 Å². The molecule has 2 aromatic rings. The summed E-state index contributed by atoms with van der Waals surface area (Å²) < 4.78 is 5.79. The van der Waals surface area contributed by atoms with Gasteiger partial charge in [-0.15, -0.1) is 0 Å². The van der Waals surface area contributed by atoms with Crippen LogP contribution in [0, 0.1) is 0 Å². The molecule has 26 heavy (non-hydrogen) atoms. The number of rotatable bonds is 7. The van der Waals surface area contributed by atoms with E-state index in [-0.39, 0.29) is 0 Å². The van der Waals surface area contributed by atoms with E-state index in [4.69, 9.17) is 4.74 Å². The van der Waals surface area contributed by atoms with E-state index in [1.807, 2.05) is 24.3 Å². The largest absolute Gasteiger partial charge is 0.373 e. The first-order valence-corrected chi connectivity index (χ1v) is 9.55. The summed E-state index contributed by atoms with van der Waals surface area (Å²) in [5, 5.41) is 3.45. The summed E-state index contributed by atoms with van der Waals surface area (Å²) in [5.41, 5.74) is 1.83. The van der Waals surface area contributed by atoms with Crippen LogP contribution in [0.1, 0.15) is 32.9 Å². The summed E-state index contributed by atoms with van der Waals surface area (Å²) in [6.07, 6.45) is 4.36. The molecule has 0 aromatic carbocycles. The molecule has 3 rings (SSSR count). The lowest BCUT2D eigenvalue weighted by Crippen LogP contribution is -2.45. The monoisotopic (exact) mass is 355 g/mol. The van der Waals surface area contributed by atoms with E-state index < -0.39 is 0 Å². The van der Waals surface area contributed by atoms with Crippen LogP contribution in [0.3, 0.4) is 0 Å². The highest BCUT2D eigenvalue weighted by Crippen LogP contribution is 2.16. The van der Waals surface area contributed by atoms with E-state index in [0.717, 1.165) is 56.2 Å². The molecule has 140 valence electrons. The van der Waals surface area contributed by atoms with Crippen molar-refractivity contribution in [2.75, 3.05) is 31.5 Å². The Hall–Kier alpha value is -2.05. The van der Waals surface area contributed by atoms with Gasteiger partial charge in [0.1, 0.15) is 11.5 Å². The van der Waals surface area contributed by atoms with Crippen LogP contribution >= 0.6 is 0 Å². The lowest BCUT2D eigenvalue weighted by molar-refractivity contribution is -0.0678. The number of hydrogen-bond acceptors (Lipinski definition) is 6. The van der Waals surface area contributed by atoms with E-state index in [1.54, 1.807) is 6.20 Å². The molecular formula is C20H29N5O. The van der Waals surface area contributed by atoms with Gasteiger partial charge in [0.15, 0.2) is 5.82 Å². The Morgan fingerprint density at radius 2 is 2.00 bits per heavy atom. The SMILES string of the molecule is CCc1cc(NCCCN2CC(C)OC(C)C2)nc(-c2ccccn2)n1. The fourth-order valence-corrected chi connectivity index (χ4v) is 3.36. The van der Waals surface area contributed by atoms with Crippen LogP contribution in [0.4, 0.5) is 5.82 Å². The smallest absolute Gasteiger partial charge is 0.180 e. The quantitative estimate of drug-likeness (QED) is 0.770. The number of morpholine rings is 1. The average molecular weight is 355 g/mol. The highest BCUT2D eigenvalue weighted by atomic mass is 16.5. The molecule has 0 aliphatic carbocycles. The molecule has 1 fully saturated rings.